The molecule has 0 radical (unpaired) electrons. The fraction of sp³-hybridized carbons (Fsp3) is 0.341. The van der Waals surface area contributed by atoms with E-state index in [4.69, 9.17) is 16.7 Å². The van der Waals surface area contributed by atoms with Gasteiger partial charge in [0.1, 0.15) is 17.3 Å². The number of nitrogens with zero attached hydrogens (tertiary/aromatic N) is 4. The second kappa shape index (κ2) is 12.0. The molecule has 0 bridgehead atoms. The number of phenols is 1. The lowest BCUT2D eigenvalue weighted by Gasteiger charge is -2.49. The number of phenolic OH excluding ortho intramolecular Hbond substituents is 1. The van der Waals surface area contributed by atoms with Crippen molar-refractivity contribution in [1.29, 1.82) is 0 Å². The molecule has 4 aliphatic rings. The number of amides is 4. The number of allylic oxidation sites excluding steroid dienone is 2. The average molecular weight is 765 g/mol. The van der Waals surface area contributed by atoms with E-state index in [1.807, 2.05) is 81.6 Å². The van der Waals surface area contributed by atoms with Gasteiger partial charge in [-0.25, -0.2) is 4.90 Å². The molecule has 5 aromatic rings. The van der Waals surface area contributed by atoms with Crippen LogP contribution in [0.4, 0.5) is 5.82 Å². The Hall–Kier alpha value is -4.58. The Labute approximate surface area is 319 Å². The van der Waals surface area contributed by atoms with E-state index < -0.39 is 35.0 Å². The van der Waals surface area contributed by atoms with Gasteiger partial charge < -0.3 is 5.11 Å². The zero-order valence-electron chi connectivity index (χ0n) is 29.8. The number of aromatic hydroxyl groups is 1. The van der Waals surface area contributed by atoms with E-state index in [-0.39, 0.29) is 42.3 Å². The number of anilines is 1. The molecule has 3 aromatic heterocycles. The van der Waals surface area contributed by atoms with Gasteiger partial charge in [-0.3, -0.25) is 28.8 Å². The zero-order chi connectivity index (χ0) is 37.2. The molecule has 0 spiro atoms. The van der Waals surface area contributed by atoms with E-state index in [9.17, 15) is 19.5 Å². The van der Waals surface area contributed by atoms with Crippen LogP contribution in [0.5, 0.6) is 5.75 Å². The van der Waals surface area contributed by atoms with Gasteiger partial charge in [-0.05, 0) is 104 Å². The standard InChI is InChI=1S/C41H37ClN4O5S2/c1-19-13-22(14-20(2)35(19)47)34-25-9-10-26-33(39(50)45(37(26)48)18-24-7-6-12-52-24)28(25)16-29-38(49)46(40(51)41(29,34)4)32-17-30(43-44(32)5)36-21(3)27-15-23(42)8-11-31(27)53-36/h6-9,11-15,17,26,28-29,33-34,47H,10,16,18H2,1-5H3. The first-order chi connectivity index (χ1) is 25.3. The van der Waals surface area contributed by atoms with E-state index in [2.05, 4.69) is 6.08 Å². The highest BCUT2D eigenvalue weighted by Crippen LogP contribution is 2.64. The van der Waals surface area contributed by atoms with Gasteiger partial charge in [-0.2, -0.15) is 5.10 Å². The minimum Gasteiger partial charge on any atom is -0.507 e. The van der Waals surface area contributed by atoms with Crippen LogP contribution in [0.15, 0.2) is 65.6 Å². The van der Waals surface area contributed by atoms with Crippen molar-refractivity contribution in [3.63, 3.8) is 0 Å². The summed E-state index contributed by atoms with van der Waals surface area (Å²) in [5, 5.41) is 19.2. The molecular formula is C41H37ClN4O5S2. The number of carbonyl (C=O) groups excluding carboxylic acids is 4. The number of thiophene rings is 2. The quantitative estimate of drug-likeness (QED) is 0.143. The summed E-state index contributed by atoms with van der Waals surface area (Å²) in [7, 11) is 1.74. The second-order valence-corrected chi connectivity index (χ2v) is 17.7. The third-order valence-electron chi connectivity index (χ3n) is 12.3. The molecule has 2 aliphatic carbocycles. The van der Waals surface area contributed by atoms with E-state index in [1.165, 1.54) is 21.1 Å². The van der Waals surface area contributed by atoms with Gasteiger partial charge in [-0.15, -0.1) is 22.7 Å². The van der Waals surface area contributed by atoms with Crippen molar-refractivity contribution < 1.29 is 24.3 Å². The first kappa shape index (κ1) is 34.2. The first-order valence-electron chi connectivity index (χ1n) is 17.8. The molecule has 9 nitrogen and oxygen atoms in total. The highest BCUT2D eigenvalue weighted by molar-refractivity contribution is 7.22. The van der Waals surface area contributed by atoms with Gasteiger partial charge >= 0.3 is 0 Å². The van der Waals surface area contributed by atoms with E-state index in [0.717, 1.165) is 36.5 Å². The minimum atomic E-state index is -1.21. The van der Waals surface area contributed by atoms with Crippen molar-refractivity contribution in [2.24, 2.45) is 36.1 Å². The monoisotopic (exact) mass is 764 g/mol. The van der Waals surface area contributed by atoms with Crippen molar-refractivity contribution in [3.8, 4) is 16.3 Å². The number of halogens is 1. The summed E-state index contributed by atoms with van der Waals surface area (Å²) >= 11 is 9.41. The number of fused-ring (bicyclic) bond motifs is 5. The number of rotatable bonds is 5. The summed E-state index contributed by atoms with van der Waals surface area (Å²) < 4.78 is 2.66. The van der Waals surface area contributed by atoms with Crippen molar-refractivity contribution in [1.82, 2.24) is 14.7 Å². The Kier molecular flexibility index (Phi) is 7.72. The van der Waals surface area contributed by atoms with E-state index in [1.54, 1.807) is 23.1 Å². The Morgan fingerprint density at radius 2 is 1.74 bits per heavy atom. The molecule has 53 heavy (non-hydrogen) atoms. The van der Waals surface area contributed by atoms with Gasteiger partial charge in [0.05, 0.1) is 34.6 Å². The number of benzene rings is 2. The second-order valence-electron chi connectivity index (χ2n) is 15.2. The number of likely N-dealkylation sites (tertiary alicyclic amines) is 1. The fourth-order valence-corrected chi connectivity index (χ4v) is 11.8. The van der Waals surface area contributed by atoms with Crippen LogP contribution in [0, 0.1) is 49.9 Å². The lowest BCUT2D eigenvalue weighted by molar-refractivity contribution is -0.141. The molecule has 3 fully saturated rings. The maximum atomic E-state index is 15.1. The van der Waals surface area contributed by atoms with Crippen molar-refractivity contribution in [2.45, 2.75) is 53.0 Å². The molecule has 1 saturated carbocycles. The molecule has 6 unspecified atom stereocenters. The van der Waals surface area contributed by atoms with Gasteiger partial charge in [0, 0.05) is 33.6 Å². The molecule has 2 aromatic carbocycles. The van der Waals surface area contributed by atoms with Gasteiger partial charge in [0.2, 0.25) is 23.6 Å². The lowest BCUT2D eigenvalue weighted by atomic mass is 9.51. The summed E-state index contributed by atoms with van der Waals surface area (Å²) in [6.45, 7) is 7.78. The molecule has 6 atom stereocenters. The summed E-state index contributed by atoms with van der Waals surface area (Å²) in [4.78, 5) is 62.7. The normalized spacial score (nSPS) is 26.8. The van der Waals surface area contributed by atoms with Crippen LogP contribution in [0.25, 0.3) is 20.7 Å². The minimum absolute atomic E-state index is 0.179. The predicted octanol–water partition coefficient (Wildman–Crippen LogP) is 8.08. The van der Waals surface area contributed by atoms with E-state index in [0.29, 0.717) is 34.1 Å². The maximum Gasteiger partial charge on any atom is 0.242 e. The van der Waals surface area contributed by atoms with Crippen molar-refractivity contribution >= 4 is 73.8 Å². The van der Waals surface area contributed by atoms with Crippen molar-refractivity contribution in [3.05, 3.63) is 97.7 Å². The van der Waals surface area contributed by atoms with Crippen LogP contribution in [0.2, 0.25) is 5.02 Å². The predicted molar refractivity (Wildman–Crippen MR) is 206 cm³/mol. The van der Waals surface area contributed by atoms with Crippen LogP contribution in [-0.4, -0.2) is 43.4 Å². The largest absolute Gasteiger partial charge is 0.507 e. The lowest BCUT2D eigenvalue weighted by Crippen LogP contribution is -2.49. The molecule has 5 heterocycles. The number of hydrogen-bond acceptors (Lipinski definition) is 8. The molecule has 1 N–H and O–H groups in total. The SMILES string of the molecule is Cc1cc(C2C3=CCC4C(=O)N(Cc5cccs5)C(=O)C4C3CC3C(=O)N(c4cc(-c5sc6ccc(Cl)cc6c5C)nn4C)C(=O)C32C)cc(C)c1O. The van der Waals surface area contributed by atoms with Crippen LogP contribution in [-0.2, 0) is 32.8 Å². The van der Waals surface area contributed by atoms with Crippen LogP contribution >= 0.6 is 34.3 Å². The molecule has 2 saturated heterocycles. The highest BCUT2D eigenvalue weighted by Gasteiger charge is 2.68. The molecular weight excluding hydrogens is 728 g/mol. The molecule has 270 valence electrons. The summed E-state index contributed by atoms with van der Waals surface area (Å²) in [6.07, 6.45) is 2.71. The number of aromatic nitrogens is 2. The Bertz CT molecular complexity index is 2440. The number of carbonyl (C=O) groups is 4. The Balaban J connectivity index is 1.15. The molecule has 12 heteroatoms. The zero-order valence-corrected chi connectivity index (χ0v) is 32.2. The van der Waals surface area contributed by atoms with Gasteiger partial charge in [0.15, 0.2) is 0 Å². The number of imide groups is 2. The third-order valence-corrected chi connectivity index (χ3v) is 14.7. The summed E-state index contributed by atoms with van der Waals surface area (Å²) in [6, 6.07) is 15.2. The molecule has 9 rings (SSSR count). The average Bonchev–Trinajstić information content (AvgIpc) is 3.93. The van der Waals surface area contributed by atoms with Gasteiger partial charge in [-0.1, -0.05) is 41.4 Å². The fourth-order valence-electron chi connectivity index (χ4n) is 9.76. The van der Waals surface area contributed by atoms with E-state index >= 15 is 4.79 Å². The summed E-state index contributed by atoms with van der Waals surface area (Å²) in [5.74, 6) is -3.40. The highest BCUT2D eigenvalue weighted by atomic mass is 35.5. The Morgan fingerprint density at radius 3 is 2.45 bits per heavy atom. The summed E-state index contributed by atoms with van der Waals surface area (Å²) in [5.41, 5.74) is 3.51. The van der Waals surface area contributed by atoms with Crippen LogP contribution in [0.3, 0.4) is 0 Å². The maximum absolute atomic E-state index is 15.1. The molecule has 2 aliphatic heterocycles. The van der Waals surface area contributed by atoms with Crippen LogP contribution < -0.4 is 4.90 Å². The Morgan fingerprint density at radius 1 is 0.981 bits per heavy atom. The van der Waals surface area contributed by atoms with Gasteiger partial charge in [0.25, 0.3) is 0 Å². The smallest absolute Gasteiger partial charge is 0.242 e. The third kappa shape index (κ3) is 4.82. The molecule has 4 amide bonds. The number of hydrogen-bond donors (Lipinski definition) is 1. The topological polar surface area (TPSA) is 113 Å². The van der Waals surface area contributed by atoms with Crippen LogP contribution in [0.1, 0.15) is 52.8 Å². The number of aryl methyl sites for hydroxylation is 4. The van der Waals surface area contributed by atoms with Crippen molar-refractivity contribution in [2.75, 3.05) is 4.90 Å². The first-order valence-corrected chi connectivity index (χ1v) is 19.9.